The van der Waals surface area contributed by atoms with E-state index in [0.29, 0.717) is 6.61 Å². The molecule has 3 nitrogen and oxygen atoms in total. The summed E-state index contributed by atoms with van der Waals surface area (Å²) in [6.45, 7) is 10.3. The molecule has 0 fully saturated rings. The summed E-state index contributed by atoms with van der Waals surface area (Å²) >= 11 is 0. The van der Waals surface area contributed by atoms with E-state index < -0.39 is 14.2 Å². The first-order valence-electron chi connectivity index (χ1n) is 3.90. The lowest BCUT2D eigenvalue weighted by molar-refractivity contribution is 0.0894. The van der Waals surface area contributed by atoms with Crippen LogP contribution in [0, 0.1) is 0 Å². The third kappa shape index (κ3) is 7.34. The normalized spacial score (nSPS) is 10.6. The summed E-state index contributed by atoms with van der Waals surface area (Å²) in [4.78, 5) is 10.6. The zero-order valence-corrected chi connectivity index (χ0v) is 8.92. The zero-order chi connectivity index (χ0) is 9.61. The van der Waals surface area contributed by atoms with Crippen molar-refractivity contribution in [2.75, 3.05) is 6.61 Å². The highest BCUT2D eigenvalue weighted by Crippen LogP contribution is 2.07. The fourth-order valence-corrected chi connectivity index (χ4v) is 1.26. The number of hydrogen-bond donors (Lipinski definition) is 0. The lowest BCUT2D eigenvalue weighted by Crippen LogP contribution is -2.22. The molecule has 0 aromatic rings. The average molecular weight is 188 g/mol. The predicted molar refractivity (Wildman–Crippen MR) is 50.8 cm³/mol. The van der Waals surface area contributed by atoms with Gasteiger partial charge < -0.3 is 9.47 Å². The maximum absolute atomic E-state index is 10.6. The van der Waals surface area contributed by atoms with Crippen LogP contribution in [0.15, 0.2) is 12.8 Å². The first kappa shape index (κ1) is 11.2. The molecular weight excluding hydrogens is 172 g/mol. The fraction of sp³-hybridized carbons (Fsp3) is 0.625. The van der Waals surface area contributed by atoms with E-state index in [1.165, 1.54) is 0 Å². The van der Waals surface area contributed by atoms with Gasteiger partial charge in [-0.25, -0.2) is 4.79 Å². The first-order chi connectivity index (χ1) is 5.45. The maximum atomic E-state index is 10.6. The van der Waals surface area contributed by atoms with Gasteiger partial charge in [0.2, 0.25) is 0 Å². The molecule has 0 aromatic carbocycles. The Morgan fingerprint density at radius 2 is 2.08 bits per heavy atom. The molecule has 0 aromatic heterocycles. The first-order valence-corrected chi connectivity index (χ1v) is 7.61. The van der Waals surface area contributed by atoms with Gasteiger partial charge in [0.25, 0.3) is 0 Å². The number of ether oxygens (including phenoxy) is 2. The second-order valence-electron chi connectivity index (χ2n) is 3.69. The lowest BCUT2D eigenvalue weighted by atomic mass is 10.8. The largest absolute Gasteiger partial charge is 0.513 e. The van der Waals surface area contributed by atoms with Crippen LogP contribution < -0.4 is 0 Å². The van der Waals surface area contributed by atoms with Gasteiger partial charge in [-0.1, -0.05) is 26.2 Å². The summed E-state index contributed by atoms with van der Waals surface area (Å²) in [5, 5.41) is 0. The molecule has 0 saturated heterocycles. The van der Waals surface area contributed by atoms with E-state index in [-0.39, 0.29) is 0 Å². The fourth-order valence-electron chi connectivity index (χ4n) is 0.543. The van der Waals surface area contributed by atoms with E-state index in [1.54, 1.807) is 0 Å². The van der Waals surface area contributed by atoms with Crippen molar-refractivity contribution >= 4 is 14.2 Å². The molecular formula is C8H16O3Si. The Labute approximate surface area is 74.4 Å². The number of carbonyl (C=O) groups is 1. The van der Waals surface area contributed by atoms with Crippen LogP contribution in [0.5, 0.6) is 0 Å². The highest BCUT2D eigenvalue weighted by molar-refractivity contribution is 6.76. The number of rotatable bonds is 4. The third-order valence-electron chi connectivity index (χ3n) is 1.25. The smallest absolute Gasteiger partial charge is 0.434 e. The summed E-state index contributed by atoms with van der Waals surface area (Å²) in [6, 6.07) is 0.958. The molecule has 0 rings (SSSR count). The minimum atomic E-state index is -1.11. The Balaban J connectivity index is 3.43. The Morgan fingerprint density at radius 1 is 1.50 bits per heavy atom. The Hall–Kier alpha value is -0.773. The van der Waals surface area contributed by atoms with Crippen molar-refractivity contribution in [3.8, 4) is 0 Å². The molecule has 4 heteroatoms. The zero-order valence-electron chi connectivity index (χ0n) is 7.92. The van der Waals surface area contributed by atoms with Crippen LogP contribution in [-0.4, -0.2) is 20.8 Å². The van der Waals surface area contributed by atoms with Crippen LogP contribution in [0.3, 0.4) is 0 Å². The van der Waals surface area contributed by atoms with Crippen LogP contribution in [0.25, 0.3) is 0 Å². The summed E-state index contributed by atoms with van der Waals surface area (Å²) in [5.74, 6) is 0. The highest BCUT2D eigenvalue weighted by Gasteiger charge is 2.13. The summed E-state index contributed by atoms with van der Waals surface area (Å²) in [7, 11) is -1.11. The molecule has 0 aliphatic heterocycles. The van der Waals surface area contributed by atoms with E-state index in [0.717, 1.165) is 12.3 Å². The Morgan fingerprint density at radius 3 is 2.50 bits per heavy atom. The number of hydrogen-bond acceptors (Lipinski definition) is 3. The summed E-state index contributed by atoms with van der Waals surface area (Å²) < 4.78 is 9.14. The van der Waals surface area contributed by atoms with Crippen LogP contribution in [0.1, 0.15) is 0 Å². The maximum Gasteiger partial charge on any atom is 0.513 e. The van der Waals surface area contributed by atoms with Crippen molar-refractivity contribution in [1.29, 1.82) is 0 Å². The van der Waals surface area contributed by atoms with Crippen molar-refractivity contribution in [2.45, 2.75) is 25.7 Å². The van der Waals surface area contributed by atoms with Crippen LogP contribution in [-0.2, 0) is 9.47 Å². The van der Waals surface area contributed by atoms with Crippen LogP contribution in [0.4, 0.5) is 4.79 Å². The lowest BCUT2D eigenvalue weighted by Gasteiger charge is -2.14. The topological polar surface area (TPSA) is 35.5 Å². The summed E-state index contributed by atoms with van der Waals surface area (Å²) in [6.07, 6.45) is 0.403. The molecule has 0 heterocycles. The molecule has 0 atom stereocenters. The molecule has 0 aliphatic carbocycles. The van der Waals surface area contributed by atoms with Crippen LogP contribution in [0.2, 0.25) is 25.7 Å². The molecule has 0 amide bonds. The van der Waals surface area contributed by atoms with Gasteiger partial charge in [0.1, 0.15) is 0 Å². The molecule has 12 heavy (non-hydrogen) atoms. The molecule has 0 unspecified atom stereocenters. The Kier molecular flexibility index (Phi) is 4.66. The van der Waals surface area contributed by atoms with Crippen molar-refractivity contribution in [3.63, 3.8) is 0 Å². The van der Waals surface area contributed by atoms with Gasteiger partial charge in [-0.2, -0.15) is 0 Å². The average Bonchev–Trinajstić information content (AvgIpc) is 1.84. The molecule has 0 spiro atoms. The number of carbonyl (C=O) groups excluding carboxylic acids is 1. The molecule has 0 aliphatic rings. The van der Waals surface area contributed by atoms with E-state index in [1.807, 2.05) is 0 Å². The van der Waals surface area contributed by atoms with Crippen molar-refractivity contribution in [2.24, 2.45) is 0 Å². The molecule has 0 saturated carbocycles. The van der Waals surface area contributed by atoms with Gasteiger partial charge in [0.15, 0.2) is 0 Å². The van der Waals surface area contributed by atoms with E-state index in [4.69, 9.17) is 4.74 Å². The van der Waals surface area contributed by atoms with Crippen molar-refractivity contribution < 1.29 is 14.3 Å². The highest BCUT2D eigenvalue weighted by atomic mass is 28.3. The second kappa shape index (κ2) is 4.98. The van der Waals surface area contributed by atoms with Gasteiger partial charge in [-0.3, -0.25) is 0 Å². The minimum absolute atomic E-state index is 0.447. The van der Waals surface area contributed by atoms with Gasteiger partial charge in [-0.15, -0.1) is 0 Å². The van der Waals surface area contributed by atoms with E-state index >= 15 is 0 Å². The molecule has 0 N–H and O–H groups in total. The minimum Gasteiger partial charge on any atom is -0.434 e. The van der Waals surface area contributed by atoms with Gasteiger partial charge in [0.05, 0.1) is 12.9 Å². The van der Waals surface area contributed by atoms with Gasteiger partial charge >= 0.3 is 6.16 Å². The SMILES string of the molecule is C=COC(=O)OCC[Si](C)(C)C. The van der Waals surface area contributed by atoms with Crippen molar-refractivity contribution in [3.05, 3.63) is 12.8 Å². The van der Waals surface area contributed by atoms with Crippen LogP contribution >= 0.6 is 0 Å². The van der Waals surface area contributed by atoms with Gasteiger partial charge in [-0.05, 0) is 6.04 Å². The van der Waals surface area contributed by atoms with Gasteiger partial charge in [0, 0.05) is 8.07 Å². The van der Waals surface area contributed by atoms with Crippen molar-refractivity contribution in [1.82, 2.24) is 0 Å². The van der Waals surface area contributed by atoms with E-state index in [9.17, 15) is 4.79 Å². The standard InChI is InChI=1S/C8H16O3Si/c1-5-10-8(9)11-6-7-12(2,3)4/h5H,1,6-7H2,2-4H3. The monoisotopic (exact) mass is 188 g/mol. The molecule has 0 bridgehead atoms. The molecule has 0 radical (unpaired) electrons. The predicted octanol–water partition coefficient (Wildman–Crippen LogP) is 2.62. The quantitative estimate of drug-likeness (QED) is 0.386. The second-order valence-corrected chi connectivity index (χ2v) is 9.31. The van der Waals surface area contributed by atoms with E-state index in [2.05, 4.69) is 31.0 Å². The third-order valence-corrected chi connectivity index (χ3v) is 2.96. The summed E-state index contributed by atoms with van der Waals surface area (Å²) in [5.41, 5.74) is 0. The molecule has 70 valence electrons. The Bertz CT molecular complexity index is 160.